The van der Waals surface area contributed by atoms with Crippen LogP contribution in [0.2, 0.25) is 0 Å². The molecule has 1 aromatic rings. The Balaban J connectivity index is 1.81. The molecule has 29 heavy (non-hydrogen) atoms. The fourth-order valence-electron chi connectivity index (χ4n) is 4.36. The summed E-state index contributed by atoms with van der Waals surface area (Å²) >= 11 is 0. The molecule has 1 aromatic carbocycles. The number of cyclic esters (lactones) is 1. The van der Waals surface area contributed by atoms with Crippen LogP contribution >= 0.6 is 0 Å². The number of ether oxygens (including phenoxy) is 2. The molecule has 2 unspecified atom stereocenters. The Labute approximate surface area is 172 Å². The average Bonchev–Trinajstić information content (AvgIpc) is 3.03. The molecule has 1 saturated heterocycles. The van der Waals surface area contributed by atoms with Gasteiger partial charge in [-0.25, -0.2) is 4.79 Å². The zero-order valence-electron chi connectivity index (χ0n) is 18.0. The van der Waals surface area contributed by atoms with E-state index >= 15 is 0 Å². The van der Waals surface area contributed by atoms with Crippen molar-refractivity contribution in [3.8, 4) is 0 Å². The summed E-state index contributed by atoms with van der Waals surface area (Å²) in [4.78, 5) is 27.1. The van der Waals surface area contributed by atoms with Crippen LogP contribution in [0.1, 0.15) is 60.8 Å². The molecule has 0 bridgehead atoms. The Morgan fingerprint density at radius 2 is 2.07 bits per heavy atom. The van der Waals surface area contributed by atoms with E-state index in [2.05, 4.69) is 25.7 Å². The lowest BCUT2D eigenvalue weighted by molar-refractivity contribution is -0.272. The molecule has 7 nitrogen and oxygen atoms in total. The second kappa shape index (κ2) is 8.32. The van der Waals surface area contributed by atoms with E-state index in [0.717, 1.165) is 16.7 Å². The number of carbonyl (C=O) groups excluding carboxylic acids is 2. The first kappa shape index (κ1) is 21.6. The zero-order chi connectivity index (χ0) is 21.3. The quantitative estimate of drug-likeness (QED) is 0.701. The summed E-state index contributed by atoms with van der Waals surface area (Å²) in [7, 11) is 0. The van der Waals surface area contributed by atoms with Crippen molar-refractivity contribution < 1.29 is 24.2 Å². The minimum Gasteiger partial charge on any atom is -0.530 e. The highest BCUT2D eigenvalue weighted by Crippen LogP contribution is 2.33. The van der Waals surface area contributed by atoms with Gasteiger partial charge in [-0.15, -0.1) is 0 Å². The Bertz CT molecular complexity index is 786. The van der Waals surface area contributed by atoms with E-state index in [1.165, 1.54) is 4.90 Å². The lowest BCUT2D eigenvalue weighted by atomic mass is 9.84. The molecule has 0 N–H and O–H groups in total. The number of rotatable bonds is 5. The van der Waals surface area contributed by atoms with Crippen molar-refractivity contribution >= 4 is 12.1 Å². The maximum absolute atomic E-state index is 11.8. The van der Waals surface area contributed by atoms with Crippen LogP contribution in [0.3, 0.4) is 0 Å². The number of esters is 1. The second-order valence-corrected chi connectivity index (χ2v) is 8.93. The maximum atomic E-state index is 11.8. The SMILES string of the molecule is CCOC(CN1CCN(C(=O)[O-])C(C(C)(C)C)C1)c1ccc2c(c1C)COC2=O. The molecule has 0 spiro atoms. The van der Waals surface area contributed by atoms with Crippen LogP contribution in [0.5, 0.6) is 0 Å². The molecule has 160 valence electrons. The molecule has 2 aliphatic rings. The van der Waals surface area contributed by atoms with Gasteiger partial charge in [0.15, 0.2) is 0 Å². The van der Waals surface area contributed by atoms with Crippen LogP contribution in [-0.2, 0) is 16.1 Å². The largest absolute Gasteiger partial charge is 0.530 e. The normalized spacial score (nSPS) is 21.1. The molecule has 0 aromatic heterocycles. The summed E-state index contributed by atoms with van der Waals surface area (Å²) in [6.45, 7) is 13.4. The lowest BCUT2D eigenvalue weighted by Crippen LogP contribution is -2.62. The summed E-state index contributed by atoms with van der Waals surface area (Å²) in [6, 6.07) is 3.64. The van der Waals surface area contributed by atoms with E-state index in [4.69, 9.17) is 9.47 Å². The van der Waals surface area contributed by atoms with Gasteiger partial charge >= 0.3 is 5.97 Å². The van der Waals surface area contributed by atoms with Gasteiger partial charge in [-0.2, -0.15) is 0 Å². The van der Waals surface area contributed by atoms with Gasteiger partial charge < -0.3 is 24.3 Å². The van der Waals surface area contributed by atoms with Crippen molar-refractivity contribution in [2.24, 2.45) is 5.41 Å². The number of hydrogen-bond acceptors (Lipinski definition) is 6. The van der Waals surface area contributed by atoms with Gasteiger partial charge in [-0.05, 0) is 36.5 Å². The van der Waals surface area contributed by atoms with Gasteiger partial charge in [0.25, 0.3) is 0 Å². The Morgan fingerprint density at radius 3 is 2.69 bits per heavy atom. The number of fused-ring (bicyclic) bond motifs is 1. The Hall–Kier alpha value is -2.12. The number of hydrogen-bond donors (Lipinski definition) is 0. The summed E-state index contributed by atoms with van der Waals surface area (Å²) in [6.07, 6.45) is -1.26. The molecule has 0 radical (unpaired) electrons. The van der Waals surface area contributed by atoms with E-state index < -0.39 is 6.09 Å². The zero-order valence-corrected chi connectivity index (χ0v) is 18.0. The standard InChI is InChI=1S/C22H32N2O5/c1-6-28-18(15-7-8-16-17(14(15)2)13-29-20(16)25)11-23-9-10-24(21(26)27)19(12-23)22(3,4)5/h7-8,18-19H,6,9-13H2,1-5H3,(H,26,27)/p-1. The average molecular weight is 403 g/mol. The highest BCUT2D eigenvalue weighted by molar-refractivity contribution is 5.93. The first-order valence-electron chi connectivity index (χ1n) is 10.2. The lowest BCUT2D eigenvalue weighted by Gasteiger charge is -2.49. The van der Waals surface area contributed by atoms with Crippen LogP contribution in [0.4, 0.5) is 4.79 Å². The summed E-state index contributed by atoms with van der Waals surface area (Å²) in [5.74, 6) is -0.269. The minimum atomic E-state index is -1.11. The van der Waals surface area contributed by atoms with Crippen molar-refractivity contribution in [1.29, 1.82) is 0 Å². The van der Waals surface area contributed by atoms with E-state index in [-0.39, 0.29) is 23.5 Å². The van der Waals surface area contributed by atoms with Crippen LogP contribution in [-0.4, -0.2) is 60.7 Å². The van der Waals surface area contributed by atoms with E-state index in [1.807, 2.05) is 26.0 Å². The van der Waals surface area contributed by atoms with Gasteiger partial charge in [-0.3, -0.25) is 4.90 Å². The Morgan fingerprint density at radius 1 is 1.34 bits per heavy atom. The summed E-state index contributed by atoms with van der Waals surface area (Å²) < 4.78 is 11.3. The number of amides is 1. The van der Waals surface area contributed by atoms with Gasteiger partial charge in [-0.1, -0.05) is 26.8 Å². The predicted molar refractivity (Wildman–Crippen MR) is 106 cm³/mol. The molecule has 0 saturated carbocycles. The fraction of sp³-hybridized carbons (Fsp3) is 0.636. The number of piperazine rings is 1. The van der Waals surface area contributed by atoms with Gasteiger partial charge in [0, 0.05) is 44.4 Å². The number of benzene rings is 1. The van der Waals surface area contributed by atoms with Crippen LogP contribution in [0, 0.1) is 12.3 Å². The van der Waals surface area contributed by atoms with Crippen LogP contribution < -0.4 is 5.11 Å². The predicted octanol–water partition coefficient (Wildman–Crippen LogP) is 2.12. The first-order valence-corrected chi connectivity index (χ1v) is 10.2. The second-order valence-electron chi connectivity index (χ2n) is 8.93. The summed E-state index contributed by atoms with van der Waals surface area (Å²) in [5.41, 5.74) is 3.47. The summed E-state index contributed by atoms with van der Waals surface area (Å²) in [5, 5.41) is 11.6. The van der Waals surface area contributed by atoms with Crippen LogP contribution in [0.25, 0.3) is 0 Å². The monoisotopic (exact) mass is 403 g/mol. The molecule has 3 rings (SSSR count). The number of carbonyl (C=O) groups is 2. The molecular formula is C22H31N2O5-. The van der Waals surface area contributed by atoms with Crippen molar-refractivity contribution in [2.75, 3.05) is 32.8 Å². The van der Waals surface area contributed by atoms with E-state index in [1.54, 1.807) is 0 Å². The van der Waals surface area contributed by atoms with Crippen LogP contribution in [0.15, 0.2) is 12.1 Å². The van der Waals surface area contributed by atoms with Gasteiger partial charge in [0.05, 0.1) is 11.7 Å². The molecule has 2 aliphatic heterocycles. The first-order chi connectivity index (χ1) is 13.6. The third-order valence-electron chi connectivity index (χ3n) is 6.05. The molecule has 0 aliphatic carbocycles. The topological polar surface area (TPSA) is 82.1 Å². The van der Waals surface area contributed by atoms with Gasteiger partial charge in [0.1, 0.15) is 12.7 Å². The van der Waals surface area contributed by atoms with E-state index in [9.17, 15) is 14.7 Å². The molecule has 1 amide bonds. The third-order valence-corrected chi connectivity index (χ3v) is 6.05. The van der Waals surface area contributed by atoms with Crippen molar-refractivity contribution in [2.45, 2.75) is 53.4 Å². The van der Waals surface area contributed by atoms with Crippen molar-refractivity contribution in [3.63, 3.8) is 0 Å². The number of carboxylic acid groups (broad SMARTS) is 1. The molecule has 1 fully saturated rings. The van der Waals surface area contributed by atoms with Crippen molar-refractivity contribution in [1.82, 2.24) is 9.80 Å². The third kappa shape index (κ3) is 4.41. The fourth-order valence-corrected chi connectivity index (χ4v) is 4.36. The number of nitrogens with zero attached hydrogens (tertiary/aromatic N) is 2. The molecular weight excluding hydrogens is 372 g/mol. The smallest absolute Gasteiger partial charge is 0.338 e. The maximum Gasteiger partial charge on any atom is 0.338 e. The molecule has 7 heteroatoms. The van der Waals surface area contributed by atoms with E-state index in [0.29, 0.717) is 45.0 Å². The van der Waals surface area contributed by atoms with Crippen molar-refractivity contribution in [3.05, 3.63) is 34.4 Å². The van der Waals surface area contributed by atoms with Gasteiger partial charge in [0.2, 0.25) is 0 Å². The minimum absolute atomic E-state index is 0.143. The highest BCUT2D eigenvalue weighted by atomic mass is 16.5. The molecule has 2 heterocycles. The Kier molecular flexibility index (Phi) is 6.19. The highest BCUT2D eigenvalue weighted by Gasteiger charge is 2.36. The molecule has 2 atom stereocenters.